The zero-order valence-electron chi connectivity index (χ0n) is 64.7. The summed E-state index contributed by atoms with van der Waals surface area (Å²) in [5.74, 6) is -4.84. The normalized spacial score (nSPS) is 36.2. The Hall–Kier alpha value is -4.84. The van der Waals surface area contributed by atoms with E-state index in [-0.39, 0.29) is 103 Å². The summed E-state index contributed by atoms with van der Waals surface area (Å²) in [4.78, 5) is 53.7. The molecule has 0 spiro atoms. The molecule has 4 aliphatic heterocycles. The van der Waals surface area contributed by atoms with E-state index in [9.17, 15) is 80.5 Å². The molecule has 6 heterocycles. The largest absolute Gasteiger partial charge is 0.479 e. The quantitative estimate of drug-likeness (QED) is 0.0283. The Morgan fingerprint density at radius 2 is 0.779 bits per heavy atom. The molecular weight excluding hydrogens is 1500 g/mol. The van der Waals surface area contributed by atoms with Crippen LogP contribution in [-0.4, -0.2) is 341 Å². The second-order valence-electron chi connectivity index (χ2n) is 31.2. The van der Waals surface area contributed by atoms with Gasteiger partial charge in [0.25, 0.3) is 0 Å². The van der Waals surface area contributed by atoms with E-state index < -0.39 is 210 Å². The molecular formula is C74H120N6O33. The zero-order chi connectivity index (χ0) is 80.8. The zero-order valence-corrected chi connectivity index (χ0v) is 64.7. The van der Waals surface area contributed by atoms with Crippen molar-refractivity contribution in [3.05, 3.63) is 23.8 Å². The smallest absolute Gasteiger partial charge is 0.332 e. The van der Waals surface area contributed by atoms with Gasteiger partial charge in [-0.2, -0.15) is 0 Å². The molecule has 28 atom stereocenters. The third-order valence-corrected chi connectivity index (χ3v) is 22.6. The highest BCUT2D eigenvalue weighted by Gasteiger charge is 2.56. The van der Waals surface area contributed by atoms with Gasteiger partial charge in [0.1, 0.15) is 97.7 Å². The molecule has 39 heteroatoms. The maximum Gasteiger partial charge on any atom is 0.332 e. The first kappa shape index (κ1) is 90.5. The highest BCUT2D eigenvalue weighted by atomic mass is 16.8. The van der Waals surface area contributed by atoms with Crippen LogP contribution in [0.2, 0.25) is 0 Å². The van der Waals surface area contributed by atoms with Crippen molar-refractivity contribution in [2.45, 2.75) is 329 Å². The highest BCUT2D eigenvalue weighted by Crippen LogP contribution is 2.41. The van der Waals surface area contributed by atoms with Crippen molar-refractivity contribution in [3.8, 4) is 0 Å². The Morgan fingerprint density at radius 3 is 1.13 bits per heavy atom. The molecule has 39 nitrogen and oxygen atoms in total. The van der Waals surface area contributed by atoms with Crippen molar-refractivity contribution in [2.75, 3.05) is 66.1 Å². The van der Waals surface area contributed by atoms with E-state index in [2.05, 4.69) is 20.6 Å². The first-order valence-electron chi connectivity index (χ1n) is 40.1. The Balaban J connectivity index is 0.636. The molecule has 0 radical (unpaired) electrons. The van der Waals surface area contributed by atoms with E-state index in [1.54, 1.807) is 0 Å². The topological polar surface area (TPSA) is 529 Å². The predicted molar refractivity (Wildman–Crippen MR) is 380 cm³/mol. The number of rotatable bonds is 42. The minimum Gasteiger partial charge on any atom is -0.479 e. The Kier molecular flexibility index (Phi) is 35.9. The second-order valence-corrected chi connectivity index (χ2v) is 31.2. The number of aliphatic carboxylic acids is 2. The summed E-state index contributed by atoms with van der Waals surface area (Å²) >= 11 is 0. The number of nitrogens with zero attached hydrogens (tertiary/aromatic N) is 6. The van der Waals surface area contributed by atoms with E-state index in [0.29, 0.717) is 49.9 Å². The molecule has 0 aromatic carbocycles. The van der Waals surface area contributed by atoms with Gasteiger partial charge in [0.2, 0.25) is 0 Å². The molecule has 0 bridgehead atoms. The van der Waals surface area contributed by atoms with Crippen LogP contribution in [0.15, 0.2) is 12.4 Å². The van der Waals surface area contributed by atoms with Crippen LogP contribution in [0.25, 0.3) is 0 Å². The lowest BCUT2D eigenvalue weighted by molar-refractivity contribution is -0.349. The van der Waals surface area contributed by atoms with E-state index in [1.165, 1.54) is 35.6 Å². The van der Waals surface area contributed by atoms with Crippen molar-refractivity contribution in [3.63, 3.8) is 0 Å². The maximum atomic E-state index is 14.0. The number of carbonyl (C=O) groups is 4. The van der Waals surface area contributed by atoms with Gasteiger partial charge in [-0.15, -0.1) is 10.2 Å². The molecule has 4 aliphatic carbocycles. The number of esters is 2. The number of ether oxygens (including phenoxy) is 17. The van der Waals surface area contributed by atoms with Crippen LogP contribution < -0.4 is 0 Å². The van der Waals surface area contributed by atoms with Gasteiger partial charge in [-0.25, -0.2) is 19.0 Å². The van der Waals surface area contributed by atoms with Gasteiger partial charge in [-0.3, -0.25) is 9.59 Å². The number of hydrogen-bond acceptors (Lipinski definition) is 35. The fourth-order valence-corrected chi connectivity index (χ4v) is 16.2. The van der Waals surface area contributed by atoms with Crippen molar-refractivity contribution >= 4 is 23.9 Å². The molecule has 2 aromatic rings. The van der Waals surface area contributed by atoms with Crippen molar-refractivity contribution < 1.29 is 161 Å². The van der Waals surface area contributed by atoms with Crippen LogP contribution in [0.3, 0.4) is 0 Å². The third kappa shape index (κ3) is 25.6. The molecule has 8 aliphatic rings. The van der Waals surface area contributed by atoms with Crippen molar-refractivity contribution in [1.82, 2.24) is 30.0 Å². The summed E-state index contributed by atoms with van der Waals surface area (Å²) in [5, 5.41) is 145. The average Bonchev–Trinajstić information content (AvgIpc) is 1.24. The van der Waals surface area contributed by atoms with Crippen LogP contribution in [0, 0.1) is 23.7 Å². The van der Waals surface area contributed by atoms with Gasteiger partial charge in [-0.1, -0.05) is 101 Å². The lowest BCUT2D eigenvalue weighted by Gasteiger charge is -2.47. The lowest BCUT2D eigenvalue weighted by Crippen LogP contribution is -2.64. The first-order valence-corrected chi connectivity index (χ1v) is 40.1. The lowest BCUT2D eigenvalue weighted by atomic mass is 9.85. The van der Waals surface area contributed by atoms with Gasteiger partial charge in [0.05, 0.1) is 128 Å². The second kappa shape index (κ2) is 44.8. The Labute approximate surface area is 655 Å². The average molecular weight is 1620 g/mol. The molecule has 10 rings (SSSR count). The summed E-state index contributed by atoms with van der Waals surface area (Å²) in [6.07, 6.45) is -20.3. The maximum absolute atomic E-state index is 14.0. The summed E-state index contributed by atoms with van der Waals surface area (Å²) in [7, 11) is 0. The number of carboxylic acid groups (broad SMARTS) is 2. The minimum absolute atomic E-state index is 0.00719. The third-order valence-electron chi connectivity index (χ3n) is 22.6. The van der Waals surface area contributed by atoms with Crippen LogP contribution >= 0.6 is 0 Å². The van der Waals surface area contributed by atoms with Gasteiger partial charge in [0.15, 0.2) is 49.6 Å². The van der Waals surface area contributed by atoms with Crippen LogP contribution in [-0.2, 0) is 126 Å². The summed E-state index contributed by atoms with van der Waals surface area (Å²) < 4.78 is 105. The van der Waals surface area contributed by atoms with E-state index in [1.807, 2.05) is 13.8 Å². The van der Waals surface area contributed by atoms with Gasteiger partial charge >= 0.3 is 23.9 Å². The molecule has 11 unspecified atom stereocenters. The number of aliphatic hydroxyl groups is 10. The summed E-state index contributed by atoms with van der Waals surface area (Å²) in [6.45, 7) is 6.01. The molecule has 4 saturated carbocycles. The first-order chi connectivity index (χ1) is 54.4. The Bertz CT molecular complexity index is 2950. The molecule has 12 N–H and O–H groups in total. The number of carbonyl (C=O) groups excluding carboxylic acids is 2. The van der Waals surface area contributed by atoms with Gasteiger partial charge in [-0.05, 0) is 76.0 Å². The van der Waals surface area contributed by atoms with Crippen LogP contribution in [0.5, 0.6) is 0 Å². The van der Waals surface area contributed by atoms with E-state index in [4.69, 9.17) is 80.5 Å². The molecule has 0 amide bonds. The molecule has 4 saturated heterocycles. The summed E-state index contributed by atoms with van der Waals surface area (Å²) in [6, 6.07) is 0. The number of hydrogen-bond donors (Lipinski definition) is 12. The predicted octanol–water partition coefficient (Wildman–Crippen LogP) is -0.914. The fourth-order valence-electron chi connectivity index (χ4n) is 16.2. The number of aliphatic hydroxyl groups excluding tert-OH is 10. The van der Waals surface area contributed by atoms with Crippen LogP contribution in [0.1, 0.15) is 155 Å². The number of aromatic nitrogens is 6. The molecule has 8 fully saturated rings. The monoisotopic (exact) mass is 1620 g/mol. The van der Waals surface area contributed by atoms with E-state index in [0.717, 1.165) is 64.2 Å². The van der Waals surface area contributed by atoms with Gasteiger partial charge in [0, 0.05) is 0 Å². The minimum atomic E-state index is -1.70. The number of carboxylic acids is 2. The standard InChI is InChI=1S/C74H120N6O33/c1-39-13-11-19-47(63(39)112-71-61(91)59(89)55(85)41(3)102-71)106-73-67(65(57(87)51(35-81)108-73)104-49(69(93)94)29-43-15-7-5-8-16-43)110-53(83)33-79-31-45(75-77-79)37-100-27-25-98-23-21-97-22-24-99-26-28-101-38-46-32-80(78-76-46)34-54(84)111-68-66(105-50(70(95)96)30-44-17-9-6-10-18-44)58(88)52(36-82)109-74(68)107-48-20-12-14-40(2)64(48)113-72-62(92)60(90)56(86)42(4)103-72/h31-32,39-44,47-52,55-68,71-74,81-82,85-92H,5-30,33-38H2,1-4H3,(H,93,94)(H,95,96)/t39?,40?,41?,42?,47-,48-,49+,50+,51+,52+,55-,56-,57+,58?,59+,60+,61?,62?,63-,64-,65?,66?,67?,68?,71+,72+,73-,74-/m1/s1. The molecule has 644 valence electrons. The fraction of sp³-hybridized carbons (Fsp3) is 0.892. The summed E-state index contributed by atoms with van der Waals surface area (Å²) in [5.41, 5.74) is 0.709. The Morgan fingerprint density at radius 1 is 0.416 bits per heavy atom. The van der Waals surface area contributed by atoms with E-state index >= 15 is 0 Å². The van der Waals surface area contributed by atoms with Crippen LogP contribution in [0.4, 0.5) is 0 Å². The highest BCUT2D eigenvalue weighted by molar-refractivity contribution is 5.73. The SMILES string of the molecule is CC1O[C@@H](O[C@@H]2C(C)CCC[C@H]2O[C@@H]2O[C@@H](CO)C(O)C(O[C@@H](CC3CCCCC3)C(=O)O)C2OC(=O)Cn2cc(COCCOCCOCCOCCOCc3cn(CC(=O)OC4C(O[C@@H](CC5CCCCC5)C(=O)O)[C@@H](O)[C@H](CO)O[C@H]4O[C@@H]4CCCC(C)[C@H]4O[C@@H]4OC(C)[C@@H](O)[C@H](O)C4O)nn3)nn2)C(O)[C@@H](O)[C@@H]1O. The molecule has 113 heavy (non-hydrogen) atoms. The van der Waals surface area contributed by atoms with Crippen molar-refractivity contribution in [1.29, 1.82) is 0 Å². The van der Waals surface area contributed by atoms with Crippen molar-refractivity contribution in [2.24, 2.45) is 23.7 Å². The molecule has 2 aromatic heterocycles. The van der Waals surface area contributed by atoms with Gasteiger partial charge < -0.3 is 142 Å².